The maximum absolute atomic E-state index is 12.1. The number of carbonyl (C=O) groups excluding carboxylic acids is 1. The minimum absolute atomic E-state index is 0.0132. The average Bonchev–Trinajstić information content (AvgIpc) is 2.43. The molecule has 2 aromatic rings. The van der Waals surface area contributed by atoms with Crippen LogP contribution in [0.2, 0.25) is 0 Å². The van der Waals surface area contributed by atoms with E-state index >= 15 is 0 Å². The summed E-state index contributed by atoms with van der Waals surface area (Å²) in [5, 5.41) is 13.4. The molecule has 0 saturated carbocycles. The Morgan fingerprint density at radius 3 is 2.57 bits per heavy atom. The minimum atomic E-state index is -0.477. The SMILES string of the molecule is Cc1cc([N+](=O)[O-])ccc1NC(=O)c1ccc(N)c(Br)c1. The predicted octanol–water partition coefficient (Wildman–Crippen LogP) is 3.50. The summed E-state index contributed by atoms with van der Waals surface area (Å²) in [6, 6.07) is 9.12. The van der Waals surface area contributed by atoms with E-state index in [0.29, 0.717) is 27.0 Å². The second kappa shape index (κ2) is 5.92. The summed E-state index contributed by atoms with van der Waals surface area (Å²) in [7, 11) is 0. The Labute approximate surface area is 129 Å². The highest BCUT2D eigenvalue weighted by atomic mass is 79.9. The standard InChI is InChI=1S/C14H12BrN3O3/c1-8-6-10(18(20)21)3-5-13(8)17-14(19)9-2-4-12(16)11(15)7-9/h2-7H,16H2,1H3,(H,17,19). The molecule has 6 nitrogen and oxygen atoms in total. The Hall–Kier alpha value is -2.41. The Kier molecular flexibility index (Phi) is 4.23. The number of non-ortho nitro benzene ring substituents is 1. The first kappa shape index (κ1) is 15.0. The number of hydrogen-bond donors (Lipinski definition) is 2. The molecular weight excluding hydrogens is 338 g/mol. The summed E-state index contributed by atoms with van der Waals surface area (Å²) in [6.07, 6.45) is 0. The van der Waals surface area contributed by atoms with Gasteiger partial charge in [-0.25, -0.2) is 0 Å². The van der Waals surface area contributed by atoms with E-state index in [1.54, 1.807) is 25.1 Å². The molecule has 0 aliphatic rings. The molecule has 3 N–H and O–H groups in total. The van der Waals surface area contributed by atoms with Gasteiger partial charge in [0.15, 0.2) is 0 Å². The number of rotatable bonds is 3. The first-order valence-corrected chi connectivity index (χ1v) is 6.79. The molecule has 0 aromatic heterocycles. The summed E-state index contributed by atoms with van der Waals surface area (Å²) < 4.78 is 0.635. The number of carbonyl (C=O) groups is 1. The van der Waals surface area contributed by atoms with E-state index in [0.717, 1.165) is 0 Å². The molecule has 7 heteroatoms. The van der Waals surface area contributed by atoms with Crippen LogP contribution in [0, 0.1) is 17.0 Å². The highest BCUT2D eigenvalue weighted by Crippen LogP contribution is 2.24. The monoisotopic (exact) mass is 349 g/mol. The largest absolute Gasteiger partial charge is 0.398 e. The molecule has 0 spiro atoms. The molecule has 0 saturated heterocycles. The number of nitrogen functional groups attached to an aromatic ring is 1. The molecule has 1 amide bonds. The summed E-state index contributed by atoms with van der Waals surface area (Å²) >= 11 is 3.26. The number of nitrogens with zero attached hydrogens (tertiary/aromatic N) is 1. The average molecular weight is 350 g/mol. The zero-order valence-corrected chi connectivity index (χ0v) is 12.7. The van der Waals surface area contributed by atoms with Crippen LogP contribution in [-0.2, 0) is 0 Å². The normalized spacial score (nSPS) is 10.2. The highest BCUT2D eigenvalue weighted by molar-refractivity contribution is 9.10. The molecule has 2 aromatic carbocycles. The lowest BCUT2D eigenvalue weighted by atomic mass is 10.1. The molecule has 2 rings (SSSR count). The van der Waals surface area contributed by atoms with Gasteiger partial charge in [-0.2, -0.15) is 0 Å². The first-order valence-electron chi connectivity index (χ1n) is 6.00. The molecule has 0 atom stereocenters. The summed E-state index contributed by atoms with van der Waals surface area (Å²) in [5.41, 5.74) is 7.78. The lowest BCUT2D eigenvalue weighted by molar-refractivity contribution is -0.384. The number of aryl methyl sites for hydroxylation is 1. The van der Waals surface area contributed by atoms with Crippen LogP contribution in [-0.4, -0.2) is 10.8 Å². The number of hydrogen-bond acceptors (Lipinski definition) is 4. The molecule has 21 heavy (non-hydrogen) atoms. The van der Waals surface area contributed by atoms with Gasteiger partial charge in [-0.3, -0.25) is 14.9 Å². The second-order valence-electron chi connectivity index (χ2n) is 4.45. The van der Waals surface area contributed by atoms with E-state index in [1.807, 2.05) is 0 Å². The molecule has 0 bridgehead atoms. The van der Waals surface area contributed by atoms with Crippen LogP contribution in [0.4, 0.5) is 17.1 Å². The third-order valence-electron chi connectivity index (χ3n) is 2.93. The van der Waals surface area contributed by atoms with E-state index in [2.05, 4.69) is 21.2 Å². The van der Waals surface area contributed by atoms with E-state index in [4.69, 9.17) is 5.73 Å². The maximum atomic E-state index is 12.1. The van der Waals surface area contributed by atoms with Gasteiger partial charge in [-0.15, -0.1) is 0 Å². The maximum Gasteiger partial charge on any atom is 0.269 e. The number of nitro benzene ring substituents is 1. The van der Waals surface area contributed by atoms with Gasteiger partial charge in [0.1, 0.15) is 0 Å². The fourth-order valence-corrected chi connectivity index (χ4v) is 2.14. The van der Waals surface area contributed by atoms with Crippen molar-refractivity contribution in [2.75, 3.05) is 11.1 Å². The van der Waals surface area contributed by atoms with Crippen molar-refractivity contribution in [3.05, 3.63) is 62.1 Å². The zero-order valence-electron chi connectivity index (χ0n) is 11.1. The number of nitrogens with two attached hydrogens (primary N) is 1. The van der Waals surface area contributed by atoms with E-state index in [-0.39, 0.29) is 11.6 Å². The molecule has 108 valence electrons. The predicted molar refractivity (Wildman–Crippen MR) is 84.3 cm³/mol. The van der Waals surface area contributed by atoms with Gasteiger partial charge in [0.25, 0.3) is 11.6 Å². The van der Waals surface area contributed by atoms with Crippen LogP contribution in [0.1, 0.15) is 15.9 Å². The smallest absolute Gasteiger partial charge is 0.269 e. The lowest BCUT2D eigenvalue weighted by Crippen LogP contribution is -2.13. The van der Waals surface area contributed by atoms with Crippen LogP contribution >= 0.6 is 15.9 Å². The Morgan fingerprint density at radius 1 is 1.29 bits per heavy atom. The van der Waals surface area contributed by atoms with Gasteiger partial charge in [-0.05, 0) is 52.7 Å². The van der Waals surface area contributed by atoms with Crippen molar-refractivity contribution in [2.24, 2.45) is 0 Å². The second-order valence-corrected chi connectivity index (χ2v) is 5.30. The van der Waals surface area contributed by atoms with Crippen LogP contribution in [0.15, 0.2) is 40.9 Å². The van der Waals surface area contributed by atoms with E-state index in [1.165, 1.54) is 18.2 Å². The number of benzene rings is 2. The van der Waals surface area contributed by atoms with Crippen LogP contribution in [0.3, 0.4) is 0 Å². The molecule has 0 heterocycles. The van der Waals surface area contributed by atoms with Gasteiger partial charge in [0.2, 0.25) is 0 Å². The first-order chi connectivity index (χ1) is 9.88. The number of halogens is 1. The molecule has 0 aliphatic heterocycles. The zero-order chi connectivity index (χ0) is 15.6. The molecule has 0 radical (unpaired) electrons. The summed E-state index contributed by atoms with van der Waals surface area (Å²) in [5.74, 6) is -0.312. The fraction of sp³-hybridized carbons (Fsp3) is 0.0714. The van der Waals surface area contributed by atoms with Crippen molar-refractivity contribution in [3.8, 4) is 0 Å². The van der Waals surface area contributed by atoms with E-state index < -0.39 is 4.92 Å². The van der Waals surface area contributed by atoms with Crippen molar-refractivity contribution >= 4 is 38.9 Å². The minimum Gasteiger partial charge on any atom is -0.398 e. The van der Waals surface area contributed by atoms with Crippen molar-refractivity contribution < 1.29 is 9.72 Å². The Morgan fingerprint density at radius 2 is 2.00 bits per heavy atom. The van der Waals surface area contributed by atoms with Crippen LogP contribution in [0.5, 0.6) is 0 Å². The van der Waals surface area contributed by atoms with Crippen molar-refractivity contribution in [1.29, 1.82) is 0 Å². The molecule has 0 unspecified atom stereocenters. The summed E-state index contributed by atoms with van der Waals surface area (Å²) in [4.78, 5) is 22.3. The van der Waals surface area contributed by atoms with Crippen molar-refractivity contribution in [1.82, 2.24) is 0 Å². The van der Waals surface area contributed by atoms with Crippen LogP contribution in [0.25, 0.3) is 0 Å². The Bertz CT molecular complexity index is 731. The number of anilines is 2. The van der Waals surface area contributed by atoms with Crippen LogP contribution < -0.4 is 11.1 Å². The fourth-order valence-electron chi connectivity index (χ4n) is 1.76. The lowest BCUT2D eigenvalue weighted by Gasteiger charge is -2.09. The van der Waals surface area contributed by atoms with Crippen molar-refractivity contribution in [3.63, 3.8) is 0 Å². The van der Waals surface area contributed by atoms with Crippen molar-refractivity contribution in [2.45, 2.75) is 6.92 Å². The topological polar surface area (TPSA) is 98.3 Å². The number of nitro groups is 1. The third kappa shape index (κ3) is 3.38. The quantitative estimate of drug-likeness (QED) is 0.503. The third-order valence-corrected chi connectivity index (χ3v) is 3.62. The Balaban J connectivity index is 2.23. The highest BCUT2D eigenvalue weighted by Gasteiger charge is 2.12. The van der Waals surface area contributed by atoms with Gasteiger partial charge in [0, 0.05) is 33.5 Å². The van der Waals surface area contributed by atoms with Gasteiger partial charge in [-0.1, -0.05) is 0 Å². The molecule has 0 fully saturated rings. The molecule has 0 aliphatic carbocycles. The van der Waals surface area contributed by atoms with Gasteiger partial charge in [0.05, 0.1) is 4.92 Å². The van der Waals surface area contributed by atoms with Gasteiger partial charge >= 0.3 is 0 Å². The van der Waals surface area contributed by atoms with E-state index in [9.17, 15) is 14.9 Å². The number of amides is 1. The van der Waals surface area contributed by atoms with Gasteiger partial charge < -0.3 is 11.1 Å². The molecular formula is C14H12BrN3O3. The summed E-state index contributed by atoms with van der Waals surface area (Å²) in [6.45, 7) is 1.70. The number of nitrogens with one attached hydrogen (secondary N) is 1.